The smallest absolute Gasteiger partial charge is 0.306 e. The highest BCUT2D eigenvalue weighted by atomic mass is 16.6. The molecule has 0 fully saturated rings. The van der Waals surface area contributed by atoms with Crippen molar-refractivity contribution in [3.05, 3.63) is 0 Å². The zero-order valence-electron chi connectivity index (χ0n) is 43.4. The van der Waals surface area contributed by atoms with E-state index >= 15 is 0 Å². The number of carbonyl (C=O) groups excluding carboxylic acids is 3. The predicted octanol–water partition coefficient (Wildman–Crippen LogP) is 18.3. The molecule has 0 bridgehead atoms. The molecular weight excluding hydrogens is 781 g/mol. The fourth-order valence-corrected chi connectivity index (χ4v) is 8.61. The topological polar surface area (TPSA) is 78.9 Å². The highest BCUT2D eigenvalue weighted by Gasteiger charge is 2.19. The number of esters is 3. The molecule has 0 N–H and O–H groups in total. The molecule has 0 rings (SSSR count). The molecule has 0 aliphatic carbocycles. The third-order valence-electron chi connectivity index (χ3n) is 13.3. The molecule has 0 aromatic carbocycles. The molecule has 0 aromatic rings. The number of carbonyl (C=O) groups is 3. The summed E-state index contributed by atoms with van der Waals surface area (Å²) in [6, 6.07) is 0. The summed E-state index contributed by atoms with van der Waals surface area (Å²) < 4.78 is 16.8. The second kappa shape index (κ2) is 48.3. The van der Waals surface area contributed by atoms with Gasteiger partial charge < -0.3 is 14.2 Å². The summed E-state index contributed by atoms with van der Waals surface area (Å²) in [6.45, 7) is 13.7. The Labute approximate surface area is 393 Å². The maximum Gasteiger partial charge on any atom is 0.306 e. The third-order valence-corrected chi connectivity index (χ3v) is 13.3. The van der Waals surface area contributed by atoms with Crippen LogP contribution in [0.25, 0.3) is 0 Å². The van der Waals surface area contributed by atoms with E-state index < -0.39 is 6.10 Å². The predicted molar refractivity (Wildman–Crippen MR) is 270 cm³/mol. The largest absolute Gasteiger partial charge is 0.462 e. The van der Waals surface area contributed by atoms with Crippen LogP contribution < -0.4 is 0 Å². The summed E-state index contributed by atoms with van der Waals surface area (Å²) in [5, 5.41) is 0. The first-order valence-electron chi connectivity index (χ1n) is 28.1. The van der Waals surface area contributed by atoms with Gasteiger partial charge in [0.25, 0.3) is 0 Å². The minimum Gasteiger partial charge on any atom is -0.462 e. The average molecular weight is 892 g/mol. The van der Waals surface area contributed by atoms with Crippen molar-refractivity contribution >= 4 is 17.9 Å². The van der Waals surface area contributed by atoms with Gasteiger partial charge in [-0.1, -0.05) is 273 Å². The van der Waals surface area contributed by atoms with E-state index in [1.54, 1.807) is 0 Å². The molecule has 6 heteroatoms. The van der Waals surface area contributed by atoms with E-state index in [1.165, 1.54) is 193 Å². The Bertz CT molecular complexity index is 978. The Morgan fingerprint density at radius 1 is 0.317 bits per heavy atom. The molecule has 0 saturated heterocycles. The quantitative estimate of drug-likeness (QED) is 0.0344. The lowest BCUT2D eigenvalue weighted by Crippen LogP contribution is -2.30. The molecule has 0 spiro atoms. The van der Waals surface area contributed by atoms with E-state index in [9.17, 15) is 14.4 Å². The lowest BCUT2D eigenvalue weighted by molar-refractivity contribution is -0.167. The molecule has 0 amide bonds. The van der Waals surface area contributed by atoms with Crippen molar-refractivity contribution in [2.45, 2.75) is 317 Å². The van der Waals surface area contributed by atoms with Gasteiger partial charge in [-0.2, -0.15) is 0 Å². The standard InChI is InChI=1S/C57H110O6/c1-7-53(6)45-39-33-29-30-35-41-47-56(59)62-50-54(49-61-55(58)46-40-34-27-23-20-16-18-22-26-32-38-44-52(4)5)63-57(60)48-42-36-28-24-19-15-13-11-9-8-10-12-14-17-21-25-31-37-43-51(2)3/h51-54H,7-50H2,1-6H3/t53?,54-/m0/s1. The Kier molecular flexibility index (Phi) is 47.1. The molecule has 0 saturated carbocycles. The van der Waals surface area contributed by atoms with Crippen LogP contribution in [0, 0.1) is 17.8 Å². The monoisotopic (exact) mass is 891 g/mol. The summed E-state index contributed by atoms with van der Waals surface area (Å²) >= 11 is 0. The van der Waals surface area contributed by atoms with E-state index in [0.717, 1.165) is 75.5 Å². The van der Waals surface area contributed by atoms with Gasteiger partial charge in [-0.15, -0.1) is 0 Å². The highest BCUT2D eigenvalue weighted by molar-refractivity contribution is 5.71. The first-order chi connectivity index (χ1) is 30.6. The van der Waals surface area contributed by atoms with Crippen LogP contribution in [0.2, 0.25) is 0 Å². The summed E-state index contributed by atoms with van der Waals surface area (Å²) in [5.41, 5.74) is 0. The van der Waals surface area contributed by atoms with Crippen molar-refractivity contribution < 1.29 is 28.6 Å². The highest BCUT2D eigenvalue weighted by Crippen LogP contribution is 2.18. The second-order valence-corrected chi connectivity index (χ2v) is 20.8. The van der Waals surface area contributed by atoms with E-state index in [-0.39, 0.29) is 31.1 Å². The molecular formula is C57H110O6. The van der Waals surface area contributed by atoms with Crippen molar-refractivity contribution in [3.63, 3.8) is 0 Å². The van der Waals surface area contributed by atoms with Crippen LogP contribution in [0.4, 0.5) is 0 Å². The first-order valence-corrected chi connectivity index (χ1v) is 28.1. The van der Waals surface area contributed by atoms with Crippen LogP contribution in [0.5, 0.6) is 0 Å². The number of ether oxygens (including phenoxy) is 3. The summed E-state index contributed by atoms with van der Waals surface area (Å²) in [4.78, 5) is 38.0. The summed E-state index contributed by atoms with van der Waals surface area (Å²) in [7, 11) is 0. The number of rotatable bonds is 50. The summed E-state index contributed by atoms with van der Waals surface area (Å²) in [5.74, 6) is 1.65. The normalized spacial score (nSPS) is 12.6. The fraction of sp³-hybridized carbons (Fsp3) is 0.947. The minimum atomic E-state index is -0.764. The SMILES string of the molecule is CCC(C)CCCCCCCCC(=O)OC[C@H](COC(=O)CCCCCCCCCCCCCC(C)C)OC(=O)CCCCCCCCCCCCCCCCCCCCC(C)C. The molecule has 0 aromatic heterocycles. The number of unbranched alkanes of at least 4 members (excludes halogenated alkanes) is 32. The second-order valence-electron chi connectivity index (χ2n) is 20.8. The first kappa shape index (κ1) is 61.4. The lowest BCUT2D eigenvalue weighted by atomic mass is 10.00. The van der Waals surface area contributed by atoms with E-state index in [1.807, 2.05) is 0 Å². The van der Waals surface area contributed by atoms with Gasteiger partial charge in [-0.3, -0.25) is 14.4 Å². The van der Waals surface area contributed by atoms with Gasteiger partial charge in [-0.25, -0.2) is 0 Å². The van der Waals surface area contributed by atoms with Crippen LogP contribution in [0.1, 0.15) is 311 Å². The van der Waals surface area contributed by atoms with Gasteiger partial charge in [0, 0.05) is 19.3 Å². The molecule has 0 aliphatic heterocycles. The zero-order chi connectivity index (χ0) is 46.3. The Morgan fingerprint density at radius 2 is 0.556 bits per heavy atom. The molecule has 0 aliphatic rings. The molecule has 374 valence electrons. The van der Waals surface area contributed by atoms with Crippen molar-refractivity contribution in [2.24, 2.45) is 17.8 Å². The van der Waals surface area contributed by atoms with Crippen LogP contribution >= 0.6 is 0 Å². The van der Waals surface area contributed by atoms with Gasteiger partial charge in [0.2, 0.25) is 0 Å². The maximum atomic E-state index is 12.8. The maximum absolute atomic E-state index is 12.8. The van der Waals surface area contributed by atoms with Gasteiger partial charge in [0.15, 0.2) is 6.10 Å². The van der Waals surface area contributed by atoms with E-state index in [0.29, 0.717) is 19.3 Å². The van der Waals surface area contributed by atoms with Gasteiger partial charge in [-0.05, 0) is 37.0 Å². The van der Waals surface area contributed by atoms with E-state index in [2.05, 4.69) is 41.5 Å². The summed E-state index contributed by atoms with van der Waals surface area (Å²) in [6.07, 6.45) is 49.6. The Hall–Kier alpha value is -1.59. The molecule has 63 heavy (non-hydrogen) atoms. The minimum absolute atomic E-state index is 0.0647. The fourth-order valence-electron chi connectivity index (χ4n) is 8.61. The van der Waals surface area contributed by atoms with Crippen molar-refractivity contribution in [1.82, 2.24) is 0 Å². The molecule has 0 heterocycles. The number of hydrogen-bond acceptors (Lipinski definition) is 6. The molecule has 1 unspecified atom stereocenters. The average Bonchev–Trinajstić information content (AvgIpc) is 3.25. The lowest BCUT2D eigenvalue weighted by Gasteiger charge is -2.18. The van der Waals surface area contributed by atoms with Gasteiger partial charge in [0.1, 0.15) is 13.2 Å². The van der Waals surface area contributed by atoms with E-state index in [4.69, 9.17) is 14.2 Å². The molecule has 6 nitrogen and oxygen atoms in total. The zero-order valence-corrected chi connectivity index (χ0v) is 43.4. The van der Waals surface area contributed by atoms with Gasteiger partial charge in [0.05, 0.1) is 0 Å². The van der Waals surface area contributed by atoms with Crippen molar-refractivity contribution in [1.29, 1.82) is 0 Å². The van der Waals surface area contributed by atoms with Crippen molar-refractivity contribution in [3.8, 4) is 0 Å². The third kappa shape index (κ3) is 49.7. The van der Waals surface area contributed by atoms with Gasteiger partial charge >= 0.3 is 17.9 Å². The van der Waals surface area contributed by atoms with Crippen LogP contribution in [0.15, 0.2) is 0 Å². The Morgan fingerprint density at radius 3 is 0.825 bits per heavy atom. The van der Waals surface area contributed by atoms with Crippen LogP contribution in [0.3, 0.4) is 0 Å². The Balaban J connectivity index is 4.23. The molecule has 0 radical (unpaired) electrons. The molecule has 2 atom stereocenters. The van der Waals surface area contributed by atoms with Crippen LogP contribution in [-0.2, 0) is 28.6 Å². The van der Waals surface area contributed by atoms with Crippen molar-refractivity contribution in [2.75, 3.05) is 13.2 Å². The number of hydrogen-bond donors (Lipinski definition) is 0. The van der Waals surface area contributed by atoms with Crippen LogP contribution in [-0.4, -0.2) is 37.2 Å².